The van der Waals surface area contributed by atoms with Crippen LogP contribution in [0.15, 0.2) is 0 Å². The number of amides is 2. The molecule has 2 amide bonds. The molecule has 0 saturated carbocycles. The Hall–Kier alpha value is -1.23. The molecular formula is C17H30N4O5S. The van der Waals surface area contributed by atoms with E-state index in [-0.39, 0.29) is 35.4 Å². The van der Waals surface area contributed by atoms with E-state index in [4.69, 9.17) is 4.74 Å². The largest absolute Gasteiger partial charge is 0.378 e. The van der Waals surface area contributed by atoms with Crippen LogP contribution in [0, 0.1) is 0 Å². The van der Waals surface area contributed by atoms with Gasteiger partial charge in [-0.05, 0) is 13.3 Å². The Morgan fingerprint density at radius 1 is 1.11 bits per heavy atom. The molecule has 3 rings (SSSR count). The zero-order valence-electron chi connectivity index (χ0n) is 15.9. The van der Waals surface area contributed by atoms with Crippen molar-refractivity contribution in [1.82, 2.24) is 20.0 Å². The fourth-order valence-electron chi connectivity index (χ4n) is 3.81. The highest BCUT2D eigenvalue weighted by molar-refractivity contribution is 7.91. The quantitative estimate of drug-likeness (QED) is 0.577. The van der Waals surface area contributed by atoms with E-state index in [1.807, 2.05) is 11.8 Å². The SMILES string of the molecule is CC(C(=O)NC1CCS(=O)(=O)C1)N1CCN(CC(=O)N2CCOCC2)CC1. The standard InChI is InChI=1S/C17H30N4O5S/c1-14(17(23)18-15-2-11-27(24,25)13-15)20-5-3-19(4-6-20)12-16(22)21-7-9-26-10-8-21/h14-15H,2-13H2,1H3,(H,18,23). The van der Waals surface area contributed by atoms with Gasteiger partial charge in [0, 0.05) is 45.3 Å². The maximum atomic E-state index is 12.4. The zero-order valence-corrected chi connectivity index (χ0v) is 16.7. The number of ether oxygens (including phenoxy) is 1. The molecule has 27 heavy (non-hydrogen) atoms. The number of sulfone groups is 1. The predicted octanol–water partition coefficient (Wildman–Crippen LogP) is -1.85. The van der Waals surface area contributed by atoms with Gasteiger partial charge >= 0.3 is 0 Å². The fourth-order valence-corrected chi connectivity index (χ4v) is 5.48. The van der Waals surface area contributed by atoms with E-state index < -0.39 is 9.84 Å². The molecule has 3 fully saturated rings. The van der Waals surface area contributed by atoms with Gasteiger partial charge in [0.25, 0.3) is 0 Å². The molecule has 0 aliphatic carbocycles. The van der Waals surface area contributed by atoms with Gasteiger partial charge in [-0.15, -0.1) is 0 Å². The lowest BCUT2D eigenvalue weighted by atomic mass is 10.2. The molecule has 10 heteroatoms. The van der Waals surface area contributed by atoms with E-state index in [0.717, 1.165) is 13.1 Å². The molecule has 0 aromatic rings. The van der Waals surface area contributed by atoms with Crippen molar-refractivity contribution in [2.45, 2.75) is 25.4 Å². The minimum Gasteiger partial charge on any atom is -0.378 e. The highest BCUT2D eigenvalue weighted by Gasteiger charge is 2.32. The summed E-state index contributed by atoms with van der Waals surface area (Å²) in [7, 11) is -3.00. The smallest absolute Gasteiger partial charge is 0.237 e. The number of hydrogen-bond acceptors (Lipinski definition) is 7. The van der Waals surface area contributed by atoms with Crippen molar-refractivity contribution in [2.75, 3.05) is 70.5 Å². The van der Waals surface area contributed by atoms with Crippen LogP contribution in [0.25, 0.3) is 0 Å². The average Bonchev–Trinajstić information content (AvgIpc) is 3.00. The Balaban J connectivity index is 1.40. The van der Waals surface area contributed by atoms with Crippen molar-refractivity contribution in [3.8, 4) is 0 Å². The van der Waals surface area contributed by atoms with Crippen LogP contribution in [0.1, 0.15) is 13.3 Å². The maximum absolute atomic E-state index is 12.4. The van der Waals surface area contributed by atoms with Crippen LogP contribution in [-0.4, -0.2) is 118 Å². The molecule has 3 saturated heterocycles. The third-order valence-corrected chi connectivity index (χ3v) is 7.40. The average molecular weight is 403 g/mol. The van der Waals surface area contributed by atoms with Crippen molar-refractivity contribution in [2.24, 2.45) is 0 Å². The molecule has 0 bridgehead atoms. The summed E-state index contributed by atoms with van der Waals surface area (Å²) in [5.74, 6) is 0.223. The lowest BCUT2D eigenvalue weighted by Crippen LogP contribution is -2.56. The molecular weight excluding hydrogens is 372 g/mol. The van der Waals surface area contributed by atoms with E-state index in [1.54, 1.807) is 0 Å². The lowest BCUT2D eigenvalue weighted by molar-refractivity contribution is -0.137. The second-order valence-electron chi connectivity index (χ2n) is 7.59. The first-order valence-corrected chi connectivity index (χ1v) is 11.5. The molecule has 0 spiro atoms. The second kappa shape index (κ2) is 8.85. The van der Waals surface area contributed by atoms with Gasteiger partial charge in [0.05, 0.1) is 37.3 Å². The molecule has 2 atom stereocenters. The number of hydrogen-bond donors (Lipinski definition) is 1. The van der Waals surface area contributed by atoms with E-state index in [1.165, 1.54) is 0 Å². The Morgan fingerprint density at radius 3 is 2.37 bits per heavy atom. The Bertz CT molecular complexity index is 642. The molecule has 3 aliphatic heterocycles. The van der Waals surface area contributed by atoms with Gasteiger partial charge in [0.1, 0.15) is 0 Å². The van der Waals surface area contributed by atoms with Crippen molar-refractivity contribution in [3.63, 3.8) is 0 Å². The van der Waals surface area contributed by atoms with Gasteiger partial charge in [0.2, 0.25) is 11.8 Å². The Labute approximate surface area is 160 Å². The first-order chi connectivity index (χ1) is 12.8. The van der Waals surface area contributed by atoms with E-state index in [0.29, 0.717) is 52.4 Å². The molecule has 3 aliphatic rings. The highest BCUT2D eigenvalue weighted by Crippen LogP contribution is 2.13. The summed E-state index contributed by atoms with van der Waals surface area (Å²) < 4.78 is 28.3. The molecule has 9 nitrogen and oxygen atoms in total. The minimum absolute atomic E-state index is 0.0445. The van der Waals surface area contributed by atoms with Crippen LogP contribution >= 0.6 is 0 Å². The third-order valence-electron chi connectivity index (χ3n) is 5.64. The van der Waals surface area contributed by atoms with Gasteiger partial charge in [-0.1, -0.05) is 0 Å². The molecule has 0 radical (unpaired) electrons. The van der Waals surface area contributed by atoms with Crippen LogP contribution in [0.3, 0.4) is 0 Å². The molecule has 2 unspecified atom stereocenters. The highest BCUT2D eigenvalue weighted by atomic mass is 32.2. The normalized spacial score (nSPS) is 28.0. The van der Waals surface area contributed by atoms with Crippen molar-refractivity contribution in [3.05, 3.63) is 0 Å². The summed E-state index contributed by atoms with van der Waals surface area (Å²) in [4.78, 5) is 30.8. The first-order valence-electron chi connectivity index (χ1n) is 9.67. The number of nitrogens with zero attached hydrogens (tertiary/aromatic N) is 3. The van der Waals surface area contributed by atoms with Crippen LogP contribution in [-0.2, 0) is 24.2 Å². The van der Waals surface area contributed by atoms with E-state index >= 15 is 0 Å². The summed E-state index contributed by atoms with van der Waals surface area (Å²) in [6.45, 7) is 7.71. The number of carbonyl (C=O) groups excluding carboxylic acids is 2. The monoisotopic (exact) mass is 402 g/mol. The van der Waals surface area contributed by atoms with Gasteiger partial charge in [-0.3, -0.25) is 19.4 Å². The number of nitrogens with one attached hydrogen (secondary N) is 1. The Kier molecular flexibility index (Phi) is 6.72. The topological polar surface area (TPSA) is 99.3 Å². The van der Waals surface area contributed by atoms with Gasteiger partial charge in [0.15, 0.2) is 9.84 Å². The summed E-state index contributed by atoms with van der Waals surface area (Å²) in [6, 6.07) is -0.567. The summed E-state index contributed by atoms with van der Waals surface area (Å²) in [5, 5.41) is 2.87. The molecule has 0 aromatic heterocycles. The third kappa shape index (κ3) is 5.63. The van der Waals surface area contributed by atoms with Crippen molar-refractivity contribution in [1.29, 1.82) is 0 Å². The number of morpholine rings is 1. The predicted molar refractivity (Wildman–Crippen MR) is 100 cm³/mol. The molecule has 1 N–H and O–H groups in total. The minimum atomic E-state index is -3.00. The van der Waals surface area contributed by atoms with Crippen LogP contribution in [0.2, 0.25) is 0 Å². The maximum Gasteiger partial charge on any atom is 0.237 e. The molecule has 154 valence electrons. The second-order valence-corrected chi connectivity index (χ2v) is 9.82. The van der Waals surface area contributed by atoms with Gasteiger partial charge in [-0.25, -0.2) is 8.42 Å². The number of carbonyl (C=O) groups is 2. The molecule has 3 heterocycles. The fraction of sp³-hybridized carbons (Fsp3) is 0.882. The summed E-state index contributed by atoms with van der Waals surface area (Å²) in [5.41, 5.74) is 0. The van der Waals surface area contributed by atoms with Crippen molar-refractivity contribution >= 4 is 21.7 Å². The zero-order chi connectivity index (χ0) is 19.4. The lowest BCUT2D eigenvalue weighted by Gasteiger charge is -2.38. The van der Waals surface area contributed by atoms with Crippen molar-refractivity contribution < 1.29 is 22.7 Å². The summed E-state index contributed by atoms with van der Waals surface area (Å²) in [6.07, 6.45) is 0.498. The number of piperazine rings is 1. The Morgan fingerprint density at radius 2 is 1.78 bits per heavy atom. The van der Waals surface area contributed by atoms with Crippen LogP contribution < -0.4 is 5.32 Å². The van der Waals surface area contributed by atoms with E-state index in [9.17, 15) is 18.0 Å². The summed E-state index contributed by atoms with van der Waals surface area (Å²) >= 11 is 0. The van der Waals surface area contributed by atoms with Gasteiger partial charge in [-0.2, -0.15) is 0 Å². The first kappa shape index (κ1) is 20.5. The molecule has 0 aromatic carbocycles. The van der Waals surface area contributed by atoms with Crippen LogP contribution in [0.5, 0.6) is 0 Å². The van der Waals surface area contributed by atoms with E-state index in [2.05, 4.69) is 15.1 Å². The number of rotatable bonds is 5. The van der Waals surface area contributed by atoms with Gasteiger partial charge < -0.3 is 15.0 Å². The van der Waals surface area contributed by atoms with Crippen LogP contribution in [0.4, 0.5) is 0 Å².